The zero-order valence-corrected chi connectivity index (χ0v) is 10.0. The standard InChI is InChI=1S/C12H18N2O2/c1-4-15-12(16-5-2)7-6-11-9-13-8-10(3)14-11/h6-9,12H,4-5H2,1-3H3/b7-6+. The molecule has 0 aliphatic rings. The van der Waals surface area contributed by atoms with Gasteiger partial charge >= 0.3 is 0 Å². The van der Waals surface area contributed by atoms with Gasteiger partial charge in [0.1, 0.15) is 0 Å². The molecular weight excluding hydrogens is 204 g/mol. The van der Waals surface area contributed by atoms with Gasteiger partial charge < -0.3 is 9.47 Å². The Kier molecular flexibility index (Phi) is 5.67. The van der Waals surface area contributed by atoms with Crippen LogP contribution in [0.2, 0.25) is 0 Å². The molecule has 0 fully saturated rings. The highest BCUT2D eigenvalue weighted by molar-refractivity contribution is 5.43. The maximum absolute atomic E-state index is 5.38. The summed E-state index contributed by atoms with van der Waals surface area (Å²) in [6.45, 7) is 7.02. The summed E-state index contributed by atoms with van der Waals surface area (Å²) in [7, 11) is 0. The number of aromatic nitrogens is 2. The molecule has 0 N–H and O–H groups in total. The number of hydrogen-bond acceptors (Lipinski definition) is 4. The first-order chi connectivity index (χ1) is 7.76. The van der Waals surface area contributed by atoms with Crippen LogP contribution < -0.4 is 0 Å². The largest absolute Gasteiger partial charge is 0.349 e. The lowest BCUT2D eigenvalue weighted by Crippen LogP contribution is -2.14. The fourth-order valence-corrected chi connectivity index (χ4v) is 1.23. The van der Waals surface area contributed by atoms with Crippen molar-refractivity contribution in [3.8, 4) is 0 Å². The van der Waals surface area contributed by atoms with E-state index in [1.165, 1.54) is 0 Å². The van der Waals surface area contributed by atoms with Gasteiger partial charge in [-0.2, -0.15) is 0 Å². The van der Waals surface area contributed by atoms with Crippen molar-refractivity contribution in [3.05, 3.63) is 29.9 Å². The van der Waals surface area contributed by atoms with Crippen LogP contribution in [0.1, 0.15) is 25.2 Å². The molecule has 0 saturated heterocycles. The summed E-state index contributed by atoms with van der Waals surface area (Å²) in [5.74, 6) is 0. The summed E-state index contributed by atoms with van der Waals surface area (Å²) < 4.78 is 10.8. The number of aryl methyl sites for hydroxylation is 1. The number of hydrogen-bond donors (Lipinski definition) is 0. The topological polar surface area (TPSA) is 44.2 Å². The van der Waals surface area contributed by atoms with E-state index in [4.69, 9.17) is 9.47 Å². The van der Waals surface area contributed by atoms with Crippen LogP contribution in [0.3, 0.4) is 0 Å². The number of rotatable bonds is 6. The molecule has 16 heavy (non-hydrogen) atoms. The van der Waals surface area contributed by atoms with E-state index in [2.05, 4.69) is 9.97 Å². The Morgan fingerprint density at radius 1 is 1.25 bits per heavy atom. The summed E-state index contributed by atoms with van der Waals surface area (Å²) >= 11 is 0. The quantitative estimate of drug-likeness (QED) is 0.692. The van der Waals surface area contributed by atoms with E-state index in [9.17, 15) is 0 Å². The smallest absolute Gasteiger partial charge is 0.177 e. The van der Waals surface area contributed by atoms with E-state index in [0.717, 1.165) is 11.4 Å². The van der Waals surface area contributed by atoms with Crippen LogP contribution in [-0.4, -0.2) is 29.5 Å². The van der Waals surface area contributed by atoms with Crippen molar-refractivity contribution in [2.24, 2.45) is 0 Å². The molecule has 1 rings (SSSR count). The first-order valence-electron chi connectivity index (χ1n) is 5.46. The number of ether oxygens (including phenoxy) is 2. The molecule has 0 spiro atoms. The molecule has 0 aliphatic heterocycles. The van der Waals surface area contributed by atoms with Gasteiger partial charge in [-0.05, 0) is 32.9 Å². The monoisotopic (exact) mass is 222 g/mol. The molecule has 4 heteroatoms. The Labute approximate surface area is 96.3 Å². The minimum Gasteiger partial charge on any atom is -0.349 e. The fraction of sp³-hybridized carbons (Fsp3) is 0.500. The van der Waals surface area contributed by atoms with Gasteiger partial charge in [0, 0.05) is 19.4 Å². The van der Waals surface area contributed by atoms with Gasteiger partial charge in [-0.1, -0.05) is 0 Å². The molecule has 0 saturated carbocycles. The Hall–Kier alpha value is -1.26. The fourth-order valence-electron chi connectivity index (χ4n) is 1.23. The Morgan fingerprint density at radius 3 is 2.50 bits per heavy atom. The summed E-state index contributed by atoms with van der Waals surface area (Å²) in [6.07, 6.45) is 6.82. The molecule has 4 nitrogen and oxygen atoms in total. The summed E-state index contributed by atoms with van der Waals surface area (Å²) in [5.41, 5.74) is 1.70. The van der Waals surface area contributed by atoms with E-state index < -0.39 is 0 Å². The lowest BCUT2D eigenvalue weighted by molar-refractivity contribution is -0.103. The van der Waals surface area contributed by atoms with Crippen LogP contribution in [0, 0.1) is 6.92 Å². The molecule has 0 aromatic carbocycles. The Morgan fingerprint density at radius 2 is 1.94 bits per heavy atom. The van der Waals surface area contributed by atoms with Gasteiger partial charge in [0.25, 0.3) is 0 Å². The highest BCUT2D eigenvalue weighted by Crippen LogP contribution is 2.02. The van der Waals surface area contributed by atoms with Crippen molar-refractivity contribution in [1.82, 2.24) is 9.97 Å². The van der Waals surface area contributed by atoms with Crippen LogP contribution in [0.25, 0.3) is 6.08 Å². The molecular formula is C12H18N2O2. The lowest BCUT2D eigenvalue weighted by Gasteiger charge is -2.12. The van der Waals surface area contributed by atoms with E-state index in [0.29, 0.717) is 13.2 Å². The zero-order valence-electron chi connectivity index (χ0n) is 10.0. The van der Waals surface area contributed by atoms with Crippen LogP contribution in [0.5, 0.6) is 0 Å². The molecule has 1 aromatic rings. The van der Waals surface area contributed by atoms with Gasteiger partial charge in [0.05, 0.1) is 17.6 Å². The van der Waals surface area contributed by atoms with Gasteiger partial charge in [-0.15, -0.1) is 0 Å². The van der Waals surface area contributed by atoms with Crippen LogP contribution >= 0.6 is 0 Å². The minimum atomic E-state index is -0.308. The van der Waals surface area contributed by atoms with Crippen LogP contribution in [0.4, 0.5) is 0 Å². The zero-order chi connectivity index (χ0) is 11.8. The SMILES string of the molecule is CCOC(/C=C/c1cncc(C)n1)OCC. The molecule has 0 radical (unpaired) electrons. The van der Waals surface area contributed by atoms with E-state index in [1.54, 1.807) is 12.4 Å². The van der Waals surface area contributed by atoms with Crippen molar-refractivity contribution < 1.29 is 9.47 Å². The lowest BCUT2D eigenvalue weighted by atomic mass is 10.3. The van der Waals surface area contributed by atoms with Crippen LogP contribution in [0.15, 0.2) is 18.5 Å². The first kappa shape index (κ1) is 12.8. The average Bonchev–Trinajstić information content (AvgIpc) is 2.27. The predicted octanol–water partition coefficient (Wildman–Crippen LogP) is 2.20. The molecule has 0 unspecified atom stereocenters. The van der Waals surface area contributed by atoms with Gasteiger partial charge in [0.2, 0.25) is 0 Å². The van der Waals surface area contributed by atoms with E-state index >= 15 is 0 Å². The predicted molar refractivity (Wildman–Crippen MR) is 62.8 cm³/mol. The summed E-state index contributed by atoms with van der Waals surface area (Å²) in [5, 5.41) is 0. The normalized spacial score (nSPS) is 11.5. The highest BCUT2D eigenvalue weighted by atomic mass is 16.7. The second-order valence-electron chi connectivity index (χ2n) is 3.22. The minimum absolute atomic E-state index is 0.308. The molecule has 0 atom stereocenters. The second kappa shape index (κ2) is 7.09. The molecule has 0 aliphatic carbocycles. The van der Waals surface area contributed by atoms with E-state index in [1.807, 2.05) is 32.9 Å². The third-order valence-electron chi connectivity index (χ3n) is 1.86. The van der Waals surface area contributed by atoms with E-state index in [-0.39, 0.29) is 6.29 Å². The third-order valence-corrected chi connectivity index (χ3v) is 1.86. The van der Waals surface area contributed by atoms with Crippen molar-refractivity contribution in [1.29, 1.82) is 0 Å². The van der Waals surface area contributed by atoms with Crippen LogP contribution in [-0.2, 0) is 9.47 Å². The van der Waals surface area contributed by atoms with Gasteiger partial charge in [-0.25, -0.2) is 0 Å². The van der Waals surface area contributed by atoms with Crippen molar-refractivity contribution in [2.45, 2.75) is 27.1 Å². The molecule has 0 bridgehead atoms. The summed E-state index contributed by atoms with van der Waals surface area (Å²) in [4.78, 5) is 8.36. The average molecular weight is 222 g/mol. The molecule has 88 valence electrons. The molecule has 1 heterocycles. The van der Waals surface area contributed by atoms with Crippen molar-refractivity contribution >= 4 is 6.08 Å². The second-order valence-corrected chi connectivity index (χ2v) is 3.22. The Balaban J connectivity index is 2.62. The molecule has 1 aromatic heterocycles. The molecule has 0 amide bonds. The maximum Gasteiger partial charge on any atom is 0.177 e. The van der Waals surface area contributed by atoms with Crippen molar-refractivity contribution in [2.75, 3.05) is 13.2 Å². The van der Waals surface area contributed by atoms with Gasteiger partial charge in [-0.3, -0.25) is 9.97 Å². The third kappa shape index (κ3) is 4.51. The summed E-state index contributed by atoms with van der Waals surface area (Å²) in [6, 6.07) is 0. The Bertz CT molecular complexity index is 334. The van der Waals surface area contributed by atoms with Gasteiger partial charge in [0.15, 0.2) is 6.29 Å². The first-order valence-corrected chi connectivity index (χ1v) is 5.46. The number of nitrogens with zero attached hydrogens (tertiary/aromatic N) is 2. The highest BCUT2D eigenvalue weighted by Gasteiger charge is 2.02. The van der Waals surface area contributed by atoms with Crippen molar-refractivity contribution in [3.63, 3.8) is 0 Å². The maximum atomic E-state index is 5.38.